The van der Waals surface area contributed by atoms with Crippen LogP contribution in [-0.4, -0.2) is 20.0 Å². The van der Waals surface area contributed by atoms with Gasteiger partial charge in [0.05, 0.1) is 12.0 Å². The molecule has 3 atom stereocenters. The molecule has 1 heterocycles. The van der Waals surface area contributed by atoms with Crippen LogP contribution in [0, 0.1) is 28.6 Å². The molecule has 1 aliphatic rings. The predicted octanol–water partition coefficient (Wildman–Crippen LogP) is 3.65. The van der Waals surface area contributed by atoms with Crippen molar-refractivity contribution < 1.29 is 0 Å². The molecular formula is C15H24N4S. The van der Waals surface area contributed by atoms with E-state index >= 15 is 0 Å². The Morgan fingerprint density at radius 3 is 2.80 bits per heavy atom. The van der Waals surface area contributed by atoms with Crippen molar-refractivity contribution in [3.05, 3.63) is 6.33 Å². The van der Waals surface area contributed by atoms with E-state index in [1.54, 1.807) is 18.1 Å². The van der Waals surface area contributed by atoms with Crippen molar-refractivity contribution in [2.75, 3.05) is 0 Å². The van der Waals surface area contributed by atoms with Crippen LogP contribution in [0.5, 0.6) is 0 Å². The molecule has 0 aromatic carbocycles. The quantitative estimate of drug-likeness (QED) is 0.850. The predicted molar refractivity (Wildman–Crippen MR) is 81.2 cm³/mol. The molecule has 0 radical (unpaired) electrons. The second-order valence-corrected chi connectivity index (χ2v) is 7.67. The highest BCUT2D eigenvalue weighted by Gasteiger charge is 2.38. The zero-order valence-electron chi connectivity index (χ0n) is 12.8. The molecule has 4 nitrogen and oxygen atoms in total. The van der Waals surface area contributed by atoms with Gasteiger partial charge in [0.15, 0.2) is 5.16 Å². The number of aryl methyl sites for hydroxylation is 1. The molecule has 0 amide bonds. The van der Waals surface area contributed by atoms with Crippen LogP contribution in [0.25, 0.3) is 0 Å². The van der Waals surface area contributed by atoms with Crippen molar-refractivity contribution in [3.63, 3.8) is 0 Å². The summed E-state index contributed by atoms with van der Waals surface area (Å²) in [5.74, 6) is 0.837. The van der Waals surface area contributed by atoms with E-state index < -0.39 is 0 Å². The molecule has 0 spiro atoms. The molecule has 0 bridgehead atoms. The summed E-state index contributed by atoms with van der Waals surface area (Å²) in [6.07, 6.45) is 6.21. The van der Waals surface area contributed by atoms with Gasteiger partial charge in [-0.15, -0.1) is 10.2 Å². The molecule has 5 heteroatoms. The summed E-state index contributed by atoms with van der Waals surface area (Å²) in [7, 11) is 1.96. The summed E-state index contributed by atoms with van der Waals surface area (Å²) in [5, 5.41) is 18.7. The molecular weight excluding hydrogens is 268 g/mol. The van der Waals surface area contributed by atoms with Crippen LogP contribution in [0.15, 0.2) is 11.5 Å². The van der Waals surface area contributed by atoms with Crippen LogP contribution in [0.3, 0.4) is 0 Å². The van der Waals surface area contributed by atoms with Crippen molar-refractivity contribution in [2.24, 2.45) is 24.3 Å². The fourth-order valence-electron chi connectivity index (χ4n) is 2.92. The van der Waals surface area contributed by atoms with Crippen molar-refractivity contribution >= 4 is 11.8 Å². The molecule has 20 heavy (non-hydrogen) atoms. The Kier molecular flexibility index (Phi) is 4.74. The fraction of sp³-hybridized carbons (Fsp3) is 0.800. The fourth-order valence-corrected chi connectivity index (χ4v) is 4.19. The Balaban J connectivity index is 2.11. The number of hydrogen-bond donors (Lipinski definition) is 0. The lowest BCUT2D eigenvalue weighted by atomic mass is 9.67. The first-order valence-electron chi connectivity index (χ1n) is 7.38. The number of thioether (sulfide) groups is 1. The van der Waals surface area contributed by atoms with Crippen molar-refractivity contribution in [1.29, 1.82) is 5.26 Å². The van der Waals surface area contributed by atoms with Gasteiger partial charge in [-0.3, -0.25) is 0 Å². The van der Waals surface area contributed by atoms with Gasteiger partial charge in [0, 0.05) is 12.3 Å². The van der Waals surface area contributed by atoms with Gasteiger partial charge in [0.1, 0.15) is 6.33 Å². The summed E-state index contributed by atoms with van der Waals surface area (Å²) in [4.78, 5) is 0. The molecule has 0 N–H and O–H groups in total. The lowest BCUT2D eigenvalue weighted by Gasteiger charge is -2.40. The number of nitrogens with zero attached hydrogens (tertiary/aromatic N) is 4. The molecule has 0 aliphatic heterocycles. The molecule has 3 unspecified atom stereocenters. The van der Waals surface area contributed by atoms with Crippen LogP contribution in [0.4, 0.5) is 0 Å². The van der Waals surface area contributed by atoms with Gasteiger partial charge in [-0.2, -0.15) is 5.26 Å². The summed E-state index contributed by atoms with van der Waals surface area (Å²) >= 11 is 1.73. The average molecular weight is 292 g/mol. The molecule has 0 saturated heterocycles. The Labute approximate surface area is 126 Å². The lowest BCUT2D eigenvalue weighted by Crippen LogP contribution is -2.34. The largest absolute Gasteiger partial charge is 0.312 e. The van der Waals surface area contributed by atoms with Crippen molar-refractivity contribution in [2.45, 2.75) is 56.9 Å². The number of hydrogen-bond acceptors (Lipinski definition) is 4. The zero-order chi connectivity index (χ0) is 14.8. The van der Waals surface area contributed by atoms with E-state index in [2.05, 4.69) is 37.0 Å². The first-order chi connectivity index (χ1) is 9.47. The molecule has 1 aromatic heterocycles. The van der Waals surface area contributed by atoms with Crippen molar-refractivity contribution in [3.8, 4) is 6.07 Å². The van der Waals surface area contributed by atoms with Crippen LogP contribution in [0.1, 0.15) is 46.5 Å². The van der Waals surface area contributed by atoms with Crippen LogP contribution in [-0.2, 0) is 7.05 Å². The summed E-state index contributed by atoms with van der Waals surface area (Å²) in [5.41, 5.74) is 0.360. The highest BCUT2D eigenvalue weighted by atomic mass is 32.2. The van der Waals surface area contributed by atoms with Gasteiger partial charge in [-0.25, -0.2) is 0 Å². The standard InChI is InChI=1S/C15H24N4S/c1-5-15(2,3)12-7-6-11(9-16)13(8-12)20-14-18-17-10-19(14)4/h10-13H,5-8H2,1-4H3. The van der Waals surface area contributed by atoms with Crippen LogP contribution < -0.4 is 0 Å². The van der Waals surface area contributed by atoms with Gasteiger partial charge in [-0.05, 0) is 30.6 Å². The third-order valence-electron chi connectivity index (χ3n) is 4.90. The minimum atomic E-state index is 0.139. The van der Waals surface area contributed by atoms with Crippen molar-refractivity contribution in [1.82, 2.24) is 14.8 Å². The maximum absolute atomic E-state index is 9.40. The Hall–Kier alpha value is -1.02. The number of rotatable bonds is 4. The van der Waals surface area contributed by atoms with E-state index in [9.17, 15) is 5.26 Å². The molecule has 1 aliphatic carbocycles. The Morgan fingerprint density at radius 1 is 1.50 bits per heavy atom. The minimum absolute atomic E-state index is 0.139. The van der Waals surface area contributed by atoms with E-state index in [-0.39, 0.29) is 5.92 Å². The maximum Gasteiger partial charge on any atom is 0.191 e. The van der Waals surface area contributed by atoms with Gasteiger partial charge < -0.3 is 4.57 Å². The summed E-state index contributed by atoms with van der Waals surface area (Å²) < 4.78 is 1.94. The number of aromatic nitrogens is 3. The highest BCUT2D eigenvalue weighted by Crippen LogP contribution is 2.46. The van der Waals surface area contributed by atoms with Gasteiger partial charge >= 0.3 is 0 Å². The first-order valence-corrected chi connectivity index (χ1v) is 8.26. The molecule has 2 rings (SSSR count). The molecule has 1 fully saturated rings. The van der Waals surface area contributed by atoms with E-state index in [0.717, 1.165) is 18.0 Å². The second kappa shape index (κ2) is 6.17. The van der Waals surface area contributed by atoms with E-state index in [1.807, 2.05) is 11.6 Å². The van der Waals surface area contributed by atoms with Gasteiger partial charge in [0.25, 0.3) is 0 Å². The summed E-state index contributed by atoms with van der Waals surface area (Å²) in [6.45, 7) is 6.98. The van der Waals surface area contributed by atoms with Gasteiger partial charge in [0.2, 0.25) is 0 Å². The monoisotopic (exact) mass is 292 g/mol. The first kappa shape index (κ1) is 15.4. The SMILES string of the molecule is CCC(C)(C)C1CCC(C#N)C(Sc2nncn2C)C1. The van der Waals surface area contributed by atoms with E-state index in [0.29, 0.717) is 16.6 Å². The molecule has 110 valence electrons. The maximum atomic E-state index is 9.40. The van der Waals surface area contributed by atoms with E-state index in [1.165, 1.54) is 12.8 Å². The summed E-state index contributed by atoms with van der Waals surface area (Å²) in [6, 6.07) is 2.50. The lowest BCUT2D eigenvalue weighted by molar-refractivity contribution is 0.144. The number of nitriles is 1. The smallest absolute Gasteiger partial charge is 0.191 e. The van der Waals surface area contributed by atoms with E-state index in [4.69, 9.17) is 0 Å². The zero-order valence-corrected chi connectivity index (χ0v) is 13.7. The second-order valence-electron chi connectivity index (χ2n) is 6.47. The highest BCUT2D eigenvalue weighted by molar-refractivity contribution is 7.99. The van der Waals surface area contributed by atoms with Crippen LogP contribution in [0.2, 0.25) is 0 Å². The normalized spacial score (nSPS) is 27.2. The Morgan fingerprint density at radius 2 is 2.25 bits per heavy atom. The topological polar surface area (TPSA) is 54.5 Å². The minimum Gasteiger partial charge on any atom is -0.312 e. The third kappa shape index (κ3) is 3.17. The van der Waals surface area contributed by atoms with Gasteiger partial charge in [-0.1, -0.05) is 39.0 Å². The van der Waals surface area contributed by atoms with Crippen LogP contribution >= 0.6 is 11.8 Å². The molecule has 1 saturated carbocycles. The Bertz CT molecular complexity index is 488. The third-order valence-corrected chi connectivity index (χ3v) is 6.30. The average Bonchev–Trinajstić information content (AvgIpc) is 2.84. The molecule has 1 aromatic rings.